The summed E-state index contributed by atoms with van der Waals surface area (Å²) in [5.41, 5.74) is 10.3. The quantitative estimate of drug-likeness (QED) is 0.757. The Kier molecular flexibility index (Phi) is 4.95. The van der Waals surface area contributed by atoms with E-state index in [1.54, 1.807) is 6.92 Å². The van der Waals surface area contributed by atoms with Crippen molar-refractivity contribution in [2.45, 2.75) is 58.0 Å². The first-order chi connectivity index (χ1) is 7.86. The Hall–Kier alpha value is -0.610. The van der Waals surface area contributed by atoms with Crippen molar-refractivity contribution in [3.8, 4) is 0 Å². The number of carbonyl (C=O) groups is 1. The van der Waals surface area contributed by atoms with E-state index in [-0.39, 0.29) is 0 Å². The van der Waals surface area contributed by atoms with E-state index in [1.807, 2.05) is 0 Å². The van der Waals surface area contributed by atoms with Crippen molar-refractivity contribution in [1.29, 1.82) is 0 Å². The maximum atomic E-state index is 11.2. The van der Waals surface area contributed by atoms with Gasteiger partial charge in [-0.25, -0.2) is 0 Å². The molecule has 0 aromatic carbocycles. The number of hydrogen-bond acceptors (Lipinski definition) is 3. The molecule has 17 heavy (non-hydrogen) atoms. The number of likely N-dealkylation sites (tertiary alicyclic amines) is 1. The molecule has 2 atom stereocenters. The van der Waals surface area contributed by atoms with Gasteiger partial charge in [-0.1, -0.05) is 13.3 Å². The van der Waals surface area contributed by atoms with Crippen LogP contribution in [0.25, 0.3) is 0 Å². The van der Waals surface area contributed by atoms with Gasteiger partial charge < -0.3 is 16.4 Å². The fourth-order valence-electron chi connectivity index (χ4n) is 2.65. The van der Waals surface area contributed by atoms with Gasteiger partial charge in [-0.2, -0.15) is 0 Å². The van der Waals surface area contributed by atoms with Crippen LogP contribution in [-0.4, -0.2) is 35.5 Å². The fraction of sp³-hybridized carbons (Fsp3) is 0.923. The average molecular weight is 241 g/mol. The van der Waals surface area contributed by atoms with Crippen LogP contribution in [-0.2, 0) is 4.79 Å². The Bertz CT molecular complexity index is 257. The first-order valence-electron chi connectivity index (χ1n) is 6.69. The summed E-state index contributed by atoms with van der Waals surface area (Å²) in [7, 11) is 0. The molecule has 2 unspecified atom stereocenters. The molecular formula is C13H27N3O. The van der Waals surface area contributed by atoms with E-state index in [0.29, 0.717) is 12.5 Å². The summed E-state index contributed by atoms with van der Waals surface area (Å²) < 4.78 is 0. The number of carbonyl (C=O) groups excluding carboxylic acids is 1. The Labute approximate surface area is 105 Å². The van der Waals surface area contributed by atoms with Crippen LogP contribution in [0.4, 0.5) is 0 Å². The van der Waals surface area contributed by atoms with Gasteiger partial charge >= 0.3 is 0 Å². The van der Waals surface area contributed by atoms with Gasteiger partial charge in [-0.05, 0) is 52.1 Å². The molecule has 1 amide bonds. The molecule has 0 aromatic rings. The Balaban J connectivity index is 2.44. The van der Waals surface area contributed by atoms with Crippen molar-refractivity contribution in [2.75, 3.05) is 13.1 Å². The van der Waals surface area contributed by atoms with E-state index < -0.39 is 11.4 Å². The number of piperidine rings is 1. The third-order valence-corrected chi connectivity index (χ3v) is 4.13. The first-order valence-corrected chi connectivity index (χ1v) is 6.69. The highest BCUT2D eigenvalue weighted by Crippen LogP contribution is 2.23. The zero-order chi connectivity index (χ0) is 13.1. The Morgan fingerprint density at radius 1 is 1.47 bits per heavy atom. The topological polar surface area (TPSA) is 72.3 Å². The molecule has 4 N–H and O–H groups in total. The normalized spacial score (nSPS) is 24.2. The van der Waals surface area contributed by atoms with E-state index in [1.165, 1.54) is 19.3 Å². The monoisotopic (exact) mass is 241 g/mol. The zero-order valence-corrected chi connectivity index (χ0v) is 11.4. The van der Waals surface area contributed by atoms with E-state index in [2.05, 4.69) is 18.7 Å². The van der Waals surface area contributed by atoms with Gasteiger partial charge in [0.25, 0.3) is 0 Å². The standard InChI is InChI=1S/C13H27N3O/c1-4-11-5-7-16(8-6-11)10(2)9-13(3,15)12(14)17/h10-11H,4-9,15H2,1-3H3,(H2,14,17). The summed E-state index contributed by atoms with van der Waals surface area (Å²) in [4.78, 5) is 13.6. The van der Waals surface area contributed by atoms with Crippen LogP contribution in [0.5, 0.6) is 0 Å². The third-order valence-electron chi connectivity index (χ3n) is 4.13. The molecule has 1 rings (SSSR count). The predicted octanol–water partition coefficient (Wildman–Crippen LogP) is 1.09. The van der Waals surface area contributed by atoms with Crippen LogP contribution in [0.3, 0.4) is 0 Å². The lowest BCUT2D eigenvalue weighted by molar-refractivity contribution is -0.123. The highest BCUT2D eigenvalue weighted by molar-refractivity contribution is 5.83. The van der Waals surface area contributed by atoms with Gasteiger partial charge in [-0.15, -0.1) is 0 Å². The summed E-state index contributed by atoms with van der Waals surface area (Å²) in [6, 6.07) is 0.329. The minimum atomic E-state index is -0.888. The van der Waals surface area contributed by atoms with Crippen LogP contribution in [0, 0.1) is 5.92 Å². The van der Waals surface area contributed by atoms with Gasteiger partial charge in [0.05, 0.1) is 5.54 Å². The average Bonchev–Trinajstić information content (AvgIpc) is 2.28. The predicted molar refractivity (Wildman–Crippen MR) is 70.5 cm³/mol. The smallest absolute Gasteiger partial charge is 0.237 e. The van der Waals surface area contributed by atoms with E-state index >= 15 is 0 Å². The molecule has 1 heterocycles. The second kappa shape index (κ2) is 5.83. The molecule has 100 valence electrons. The minimum absolute atomic E-state index is 0.329. The van der Waals surface area contributed by atoms with Crippen molar-refractivity contribution in [1.82, 2.24) is 4.90 Å². The van der Waals surface area contributed by atoms with Gasteiger partial charge in [0.15, 0.2) is 0 Å². The number of nitrogens with zero attached hydrogens (tertiary/aromatic N) is 1. The lowest BCUT2D eigenvalue weighted by atomic mass is 9.90. The molecule has 0 spiro atoms. The van der Waals surface area contributed by atoms with Gasteiger partial charge in [0.2, 0.25) is 5.91 Å². The van der Waals surface area contributed by atoms with Crippen molar-refractivity contribution in [3.05, 3.63) is 0 Å². The number of primary amides is 1. The Morgan fingerprint density at radius 3 is 2.41 bits per heavy atom. The van der Waals surface area contributed by atoms with Gasteiger partial charge in [0, 0.05) is 6.04 Å². The third kappa shape index (κ3) is 3.96. The molecule has 0 saturated carbocycles. The largest absolute Gasteiger partial charge is 0.368 e. The molecule has 1 fully saturated rings. The van der Waals surface area contributed by atoms with E-state index in [9.17, 15) is 4.79 Å². The fourth-order valence-corrected chi connectivity index (χ4v) is 2.65. The summed E-state index contributed by atoms with van der Waals surface area (Å²) in [5, 5.41) is 0. The summed E-state index contributed by atoms with van der Waals surface area (Å²) in [6.07, 6.45) is 4.44. The molecule has 4 heteroatoms. The highest BCUT2D eigenvalue weighted by Gasteiger charge is 2.31. The molecule has 0 bridgehead atoms. The number of rotatable bonds is 5. The van der Waals surface area contributed by atoms with Crippen molar-refractivity contribution in [2.24, 2.45) is 17.4 Å². The van der Waals surface area contributed by atoms with Crippen LogP contribution < -0.4 is 11.5 Å². The summed E-state index contributed by atoms with van der Waals surface area (Å²) in [5.74, 6) is 0.464. The zero-order valence-electron chi connectivity index (χ0n) is 11.4. The maximum Gasteiger partial charge on any atom is 0.237 e. The second-order valence-electron chi connectivity index (χ2n) is 5.72. The van der Waals surface area contributed by atoms with Crippen LogP contribution in [0.2, 0.25) is 0 Å². The molecule has 0 radical (unpaired) electrons. The lowest BCUT2D eigenvalue weighted by Crippen LogP contribution is -2.54. The van der Waals surface area contributed by atoms with Crippen LogP contribution in [0.1, 0.15) is 46.5 Å². The number of nitrogens with two attached hydrogens (primary N) is 2. The SMILES string of the molecule is CCC1CCN(C(C)CC(C)(N)C(N)=O)CC1. The molecule has 1 aliphatic rings. The van der Waals surface area contributed by atoms with Crippen LogP contribution >= 0.6 is 0 Å². The molecule has 1 saturated heterocycles. The molecule has 1 aliphatic heterocycles. The van der Waals surface area contributed by atoms with E-state index in [0.717, 1.165) is 19.0 Å². The minimum Gasteiger partial charge on any atom is -0.368 e. The Morgan fingerprint density at radius 2 is 2.00 bits per heavy atom. The maximum absolute atomic E-state index is 11.2. The van der Waals surface area contributed by atoms with Crippen molar-refractivity contribution < 1.29 is 4.79 Å². The van der Waals surface area contributed by atoms with Crippen molar-refractivity contribution >= 4 is 5.91 Å². The van der Waals surface area contributed by atoms with Crippen LogP contribution in [0.15, 0.2) is 0 Å². The van der Waals surface area contributed by atoms with Crippen molar-refractivity contribution in [3.63, 3.8) is 0 Å². The molecular weight excluding hydrogens is 214 g/mol. The molecule has 4 nitrogen and oxygen atoms in total. The number of hydrogen-bond donors (Lipinski definition) is 2. The van der Waals surface area contributed by atoms with E-state index in [4.69, 9.17) is 11.5 Å². The highest BCUT2D eigenvalue weighted by atomic mass is 16.1. The number of amides is 1. The summed E-state index contributed by atoms with van der Waals surface area (Å²) in [6.45, 7) is 8.36. The summed E-state index contributed by atoms with van der Waals surface area (Å²) >= 11 is 0. The second-order valence-corrected chi connectivity index (χ2v) is 5.72. The van der Waals surface area contributed by atoms with Gasteiger partial charge in [0.1, 0.15) is 0 Å². The van der Waals surface area contributed by atoms with Gasteiger partial charge in [-0.3, -0.25) is 4.79 Å². The lowest BCUT2D eigenvalue weighted by Gasteiger charge is -2.38. The molecule has 0 aromatic heterocycles. The first kappa shape index (κ1) is 14.5. The molecule has 0 aliphatic carbocycles.